The van der Waals surface area contributed by atoms with E-state index in [2.05, 4.69) is 10.3 Å². The lowest BCUT2D eigenvalue weighted by atomic mass is 10.1. The zero-order valence-corrected chi connectivity index (χ0v) is 20.7. The van der Waals surface area contributed by atoms with E-state index in [-0.39, 0.29) is 5.56 Å². The normalized spacial score (nSPS) is 11.9. The SMILES string of the molecule is COc1ccc2nc(-c3ccc(OC(O)CCNCCc4ccccc4OC)cc3)n(C)c(=O)c2c1. The second-order valence-corrected chi connectivity index (χ2v) is 8.38. The van der Waals surface area contributed by atoms with Gasteiger partial charge in [-0.15, -0.1) is 0 Å². The Morgan fingerprint density at radius 1 is 0.972 bits per heavy atom. The first-order chi connectivity index (χ1) is 17.5. The molecule has 0 radical (unpaired) electrons. The number of hydrogen-bond acceptors (Lipinski definition) is 7. The fourth-order valence-corrected chi connectivity index (χ4v) is 4.02. The molecule has 1 aromatic heterocycles. The molecular weight excluding hydrogens is 458 g/mol. The van der Waals surface area contributed by atoms with Gasteiger partial charge in [-0.3, -0.25) is 9.36 Å². The van der Waals surface area contributed by atoms with E-state index in [1.54, 1.807) is 51.6 Å². The minimum Gasteiger partial charge on any atom is -0.497 e. The van der Waals surface area contributed by atoms with Crippen molar-refractivity contribution in [1.29, 1.82) is 0 Å². The minimum atomic E-state index is -0.937. The standard InChI is InChI=1S/C28H31N3O5/c1-31-27(30-24-13-12-22(34-2)18-23(24)28(31)33)20-8-10-21(11-9-20)36-26(32)15-17-29-16-14-19-6-4-5-7-25(19)35-3/h4-13,18,26,29,32H,14-17H2,1-3H3. The highest BCUT2D eigenvalue weighted by molar-refractivity contribution is 5.81. The quantitative estimate of drug-likeness (QED) is 0.246. The summed E-state index contributed by atoms with van der Waals surface area (Å²) in [6.07, 6.45) is 0.340. The van der Waals surface area contributed by atoms with Crippen LogP contribution in [-0.2, 0) is 13.5 Å². The summed E-state index contributed by atoms with van der Waals surface area (Å²) in [6.45, 7) is 1.38. The van der Waals surface area contributed by atoms with Crippen molar-refractivity contribution in [1.82, 2.24) is 14.9 Å². The van der Waals surface area contributed by atoms with E-state index in [4.69, 9.17) is 14.2 Å². The maximum Gasteiger partial charge on any atom is 0.261 e. The van der Waals surface area contributed by atoms with E-state index in [1.165, 1.54) is 4.57 Å². The lowest BCUT2D eigenvalue weighted by Gasteiger charge is -2.15. The van der Waals surface area contributed by atoms with Gasteiger partial charge in [0, 0.05) is 25.6 Å². The first-order valence-corrected chi connectivity index (χ1v) is 11.8. The molecule has 1 heterocycles. The van der Waals surface area contributed by atoms with Gasteiger partial charge in [0.25, 0.3) is 5.56 Å². The second kappa shape index (κ2) is 11.7. The first-order valence-electron chi connectivity index (χ1n) is 11.8. The van der Waals surface area contributed by atoms with Crippen LogP contribution >= 0.6 is 0 Å². The van der Waals surface area contributed by atoms with Crippen LogP contribution in [0.1, 0.15) is 12.0 Å². The molecule has 0 spiro atoms. The molecule has 0 saturated heterocycles. The van der Waals surface area contributed by atoms with Crippen molar-refractivity contribution >= 4 is 10.9 Å². The molecule has 1 atom stereocenters. The molecule has 0 aliphatic heterocycles. The average Bonchev–Trinajstić information content (AvgIpc) is 2.91. The van der Waals surface area contributed by atoms with Gasteiger partial charge < -0.3 is 24.6 Å². The lowest BCUT2D eigenvalue weighted by Crippen LogP contribution is -2.25. The van der Waals surface area contributed by atoms with Crippen molar-refractivity contribution in [3.05, 3.63) is 82.6 Å². The van der Waals surface area contributed by atoms with Crippen LogP contribution < -0.4 is 25.1 Å². The number of aromatic nitrogens is 2. The number of aliphatic hydroxyl groups is 1. The molecule has 36 heavy (non-hydrogen) atoms. The van der Waals surface area contributed by atoms with Gasteiger partial charge in [-0.25, -0.2) is 4.98 Å². The molecule has 4 aromatic rings. The molecule has 4 rings (SSSR count). The molecule has 188 valence electrons. The van der Waals surface area contributed by atoms with Gasteiger partial charge in [-0.05, 0) is 67.1 Å². The fraction of sp³-hybridized carbons (Fsp3) is 0.286. The van der Waals surface area contributed by atoms with E-state index in [0.29, 0.717) is 41.2 Å². The maximum absolute atomic E-state index is 12.9. The Labute approximate surface area is 210 Å². The number of nitrogens with zero attached hydrogens (tertiary/aromatic N) is 2. The fourth-order valence-electron chi connectivity index (χ4n) is 4.02. The van der Waals surface area contributed by atoms with Gasteiger partial charge in [0.15, 0.2) is 6.29 Å². The number of nitrogens with one attached hydrogen (secondary N) is 1. The summed E-state index contributed by atoms with van der Waals surface area (Å²) in [7, 11) is 4.93. The van der Waals surface area contributed by atoms with Crippen molar-refractivity contribution in [2.24, 2.45) is 7.05 Å². The molecule has 3 aromatic carbocycles. The Balaban J connectivity index is 1.32. The monoisotopic (exact) mass is 489 g/mol. The van der Waals surface area contributed by atoms with Crippen molar-refractivity contribution < 1.29 is 19.3 Å². The predicted molar refractivity (Wildman–Crippen MR) is 140 cm³/mol. The maximum atomic E-state index is 12.9. The number of methoxy groups -OCH3 is 2. The summed E-state index contributed by atoms with van der Waals surface area (Å²) in [5, 5.41) is 14.1. The number of fused-ring (bicyclic) bond motifs is 1. The third-order valence-electron chi connectivity index (χ3n) is 6.00. The Morgan fingerprint density at radius 2 is 1.72 bits per heavy atom. The number of ether oxygens (including phenoxy) is 3. The average molecular weight is 490 g/mol. The number of aliphatic hydroxyl groups excluding tert-OH is 1. The number of benzene rings is 3. The van der Waals surface area contributed by atoms with Crippen LogP contribution in [0.2, 0.25) is 0 Å². The molecule has 8 heteroatoms. The van der Waals surface area contributed by atoms with Gasteiger partial charge in [0.1, 0.15) is 23.1 Å². The predicted octanol–water partition coefficient (Wildman–Crippen LogP) is 3.54. The van der Waals surface area contributed by atoms with E-state index in [0.717, 1.165) is 29.8 Å². The zero-order valence-electron chi connectivity index (χ0n) is 20.7. The highest BCUT2D eigenvalue weighted by Crippen LogP contribution is 2.24. The Kier molecular flexibility index (Phi) is 8.20. The number of rotatable bonds is 11. The van der Waals surface area contributed by atoms with Crippen LogP contribution in [0.4, 0.5) is 0 Å². The summed E-state index contributed by atoms with van der Waals surface area (Å²) < 4.78 is 17.8. The Morgan fingerprint density at radius 3 is 2.47 bits per heavy atom. The molecule has 0 saturated carbocycles. The van der Waals surface area contributed by atoms with Crippen molar-refractivity contribution in [3.63, 3.8) is 0 Å². The zero-order chi connectivity index (χ0) is 25.5. The third kappa shape index (κ3) is 5.84. The third-order valence-corrected chi connectivity index (χ3v) is 6.00. The van der Waals surface area contributed by atoms with E-state index in [1.807, 2.05) is 36.4 Å². The molecule has 0 aliphatic rings. The van der Waals surface area contributed by atoms with Gasteiger partial charge in [0.2, 0.25) is 0 Å². The largest absolute Gasteiger partial charge is 0.497 e. The molecular formula is C28H31N3O5. The van der Waals surface area contributed by atoms with Gasteiger partial charge >= 0.3 is 0 Å². The van der Waals surface area contributed by atoms with E-state index in [9.17, 15) is 9.90 Å². The topological polar surface area (TPSA) is 94.8 Å². The summed E-state index contributed by atoms with van der Waals surface area (Å²) in [5.41, 5.74) is 2.36. The smallest absolute Gasteiger partial charge is 0.261 e. The van der Waals surface area contributed by atoms with Crippen molar-refractivity contribution in [2.45, 2.75) is 19.1 Å². The van der Waals surface area contributed by atoms with Crippen LogP contribution in [0.15, 0.2) is 71.5 Å². The summed E-state index contributed by atoms with van der Waals surface area (Å²) in [5.74, 6) is 2.57. The second-order valence-electron chi connectivity index (χ2n) is 8.38. The molecule has 0 fully saturated rings. The first kappa shape index (κ1) is 25.2. The molecule has 1 unspecified atom stereocenters. The molecule has 0 bridgehead atoms. The van der Waals surface area contributed by atoms with Crippen LogP contribution in [0, 0.1) is 0 Å². The van der Waals surface area contributed by atoms with Crippen molar-refractivity contribution in [3.8, 4) is 28.6 Å². The van der Waals surface area contributed by atoms with E-state index >= 15 is 0 Å². The number of para-hydroxylation sites is 1. The van der Waals surface area contributed by atoms with Crippen LogP contribution in [-0.4, -0.2) is 48.3 Å². The molecule has 2 N–H and O–H groups in total. The molecule has 0 aliphatic carbocycles. The van der Waals surface area contributed by atoms with Gasteiger partial charge in [0.05, 0.1) is 25.1 Å². The van der Waals surface area contributed by atoms with Crippen LogP contribution in [0.25, 0.3) is 22.3 Å². The highest BCUT2D eigenvalue weighted by Gasteiger charge is 2.12. The van der Waals surface area contributed by atoms with Crippen LogP contribution in [0.5, 0.6) is 17.2 Å². The Hall–Kier alpha value is -3.88. The molecule has 8 nitrogen and oxygen atoms in total. The highest BCUT2D eigenvalue weighted by atomic mass is 16.6. The van der Waals surface area contributed by atoms with Gasteiger partial charge in [-0.2, -0.15) is 0 Å². The minimum absolute atomic E-state index is 0.150. The lowest BCUT2D eigenvalue weighted by molar-refractivity contribution is -0.0223. The number of hydrogen-bond donors (Lipinski definition) is 2. The molecule has 0 amide bonds. The Bertz CT molecular complexity index is 1370. The van der Waals surface area contributed by atoms with Gasteiger partial charge in [-0.1, -0.05) is 18.2 Å². The van der Waals surface area contributed by atoms with Crippen molar-refractivity contribution in [2.75, 3.05) is 27.3 Å². The van der Waals surface area contributed by atoms with E-state index < -0.39 is 6.29 Å². The summed E-state index contributed by atoms with van der Waals surface area (Å²) >= 11 is 0. The summed E-state index contributed by atoms with van der Waals surface area (Å²) in [6, 6.07) is 20.4. The van der Waals surface area contributed by atoms with Crippen LogP contribution in [0.3, 0.4) is 0 Å². The summed E-state index contributed by atoms with van der Waals surface area (Å²) in [4.78, 5) is 17.5.